The third-order valence-electron chi connectivity index (χ3n) is 7.48. The van der Waals surface area contributed by atoms with Crippen molar-refractivity contribution in [3.8, 4) is 0 Å². The van der Waals surface area contributed by atoms with Gasteiger partial charge in [0.25, 0.3) is 0 Å². The quantitative estimate of drug-likeness (QED) is 0.706. The molecule has 0 bridgehead atoms. The van der Waals surface area contributed by atoms with Crippen molar-refractivity contribution in [1.82, 2.24) is 0 Å². The van der Waals surface area contributed by atoms with E-state index >= 15 is 0 Å². The molecular weight excluding hydrogens is 332 g/mol. The Morgan fingerprint density at radius 2 is 1.77 bits per heavy atom. The highest BCUT2D eigenvalue weighted by molar-refractivity contribution is 5.80. The maximum Gasteiger partial charge on any atom is 0.308 e. The van der Waals surface area contributed by atoms with E-state index in [1.807, 2.05) is 6.92 Å². The summed E-state index contributed by atoms with van der Waals surface area (Å²) in [5.74, 6) is -0.647. The minimum absolute atomic E-state index is 0.0676. The summed E-state index contributed by atoms with van der Waals surface area (Å²) in [5, 5.41) is 0. The molecule has 1 aliphatic carbocycles. The number of carbonyl (C=O) groups excluding carboxylic acids is 2. The average molecular weight is 366 g/mol. The minimum Gasteiger partial charge on any atom is -0.469 e. The molecule has 1 spiro atoms. The number of esters is 1. The molecule has 0 amide bonds. The number of carbonyl (C=O) groups is 2. The van der Waals surface area contributed by atoms with E-state index in [0.29, 0.717) is 12.3 Å². The van der Waals surface area contributed by atoms with Gasteiger partial charge < -0.3 is 14.2 Å². The zero-order valence-electron chi connectivity index (χ0n) is 17.1. The average Bonchev–Trinajstić information content (AvgIpc) is 2.86. The molecule has 1 saturated carbocycles. The molecule has 5 nitrogen and oxygen atoms in total. The van der Waals surface area contributed by atoms with Gasteiger partial charge in [0, 0.05) is 11.8 Å². The molecule has 2 heterocycles. The van der Waals surface area contributed by atoms with Crippen LogP contribution in [0, 0.1) is 16.7 Å². The van der Waals surface area contributed by atoms with Crippen LogP contribution in [0.3, 0.4) is 0 Å². The number of Topliss-reactive ketones (excluding diaryl/α,β-unsaturated/α-hetero) is 1. The van der Waals surface area contributed by atoms with Crippen molar-refractivity contribution in [3.05, 3.63) is 0 Å². The maximum atomic E-state index is 12.3. The summed E-state index contributed by atoms with van der Waals surface area (Å²) in [6.45, 7) is 10.5. The second-order valence-electron chi connectivity index (χ2n) is 9.82. The fourth-order valence-corrected chi connectivity index (χ4v) is 5.95. The van der Waals surface area contributed by atoms with E-state index in [1.54, 1.807) is 6.92 Å². The number of hydrogen-bond acceptors (Lipinski definition) is 5. The molecule has 5 heteroatoms. The Morgan fingerprint density at radius 1 is 1.08 bits per heavy atom. The van der Waals surface area contributed by atoms with Crippen molar-refractivity contribution in [1.29, 1.82) is 0 Å². The van der Waals surface area contributed by atoms with Gasteiger partial charge in [0.1, 0.15) is 6.10 Å². The largest absolute Gasteiger partial charge is 0.469 e. The summed E-state index contributed by atoms with van der Waals surface area (Å²) in [4.78, 5) is 24.1. The van der Waals surface area contributed by atoms with Gasteiger partial charge in [-0.05, 0) is 50.9 Å². The Labute approximate surface area is 157 Å². The molecule has 3 aliphatic rings. The van der Waals surface area contributed by atoms with Crippen molar-refractivity contribution in [2.24, 2.45) is 16.7 Å². The molecule has 0 unspecified atom stereocenters. The molecule has 26 heavy (non-hydrogen) atoms. The number of hydrogen-bond donors (Lipinski definition) is 0. The van der Waals surface area contributed by atoms with Crippen LogP contribution in [0.4, 0.5) is 0 Å². The first-order valence-electron chi connectivity index (χ1n) is 9.92. The van der Waals surface area contributed by atoms with Gasteiger partial charge in [0.2, 0.25) is 0 Å². The second kappa shape index (κ2) is 6.30. The minimum atomic E-state index is -0.799. The zero-order valence-corrected chi connectivity index (χ0v) is 17.1. The third-order valence-corrected chi connectivity index (χ3v) is 7.48. The molecule has 0 radical (unpaired) electrons. The lowest BCUT2D eigenvalue weighted by Gasteiger charge is -2.62. The summed E-state index contributed by atoms with van der Waals surface area (Å²) in [7, 11) is 1.40. The van der Waals surface area contributed by atoms with E-state index < -0.39 is 17.5 Å². The fraction of sp³-hybridized carbons (Fsp3) is 0.905. The van der Waals surface area contributed by atoms with Gasteiger partial charge >= 0.3 is 5.97 Å². The molecule has 0 aromatic rings. The first-order chi connectivity index (χ1) is 12.0. The smallest absolute Gasteiger partial charge is 0.308 e. The van der Waals surface area contributed by atoms with Crippen molar-refractivity contribution >= 4 is 11.8 Å². The molecule has 0 N–H and O–H groups in total. The van der Waals surface area contributed by atoms with Crippen LogP contribution in [-0.4, -0.2) is 36.4 Å². The van der Waals surface area contributed by atoms with Gasteiger partial charge in [0.05, 0.1) is 19.1 Å². The van der Waals surface area contributed by atoms with Gasteiger partial charge in [-0.1, -0.05) is 27.2 Å². The van der Waals surface area contributed by atoms with E-state index in [9.17, 15) is 9.59 Å². The summed E-state index contributed by atoms with van der Waals surface area (Å²) < 4.78 is 17.9. The fourth-order valence-electron chi connectivity index (χ4n) is 5.95. The van der Waals surface area contributed by atoms with Crippen LogP contribution in [-0.2, 0) is 23.8 Å². The van der Waals surface area contributed by atoms with Crippen LogP contribution < -0.4 is 0 Å². The van der Waals surface area contributed by atoms with Crippen LogP contribution >= 0.6 is 0 Å². The van der Waals surface area contributed by atoms with E-state index in [-0.39, 0.29) is 29.0 Å². The molecule has 2 aliphatic heterocycles. The summed E-state index contributed by atoms with van der Waals surface area (Å²) in [5.41, 5.74) is -0.627. The lowest BCUT2D eigenvalue weighted by atomic mass is 9.50. The topological polar surface area (TPSA) is 61.8 Å². The molecule has 148 valence electrons. The summed E-state index contributed by atoms with van der Waals surface area (Å²) >= 11 is 0. The van der Waals surface area contributed by atoms with Gasteiger partial charge in [-0.2, -0.15) is 0 Å². The van der Waals surface area contributed by atoms with Gasteiger partial charge in [-0.15, -0.1) is 0 Å². The number of methoxy groups -OCH3 is 1. The Balaban J connectivity index is 1.98. The Bertz CT molecular complexity index is 599. The molecule has 0 aromatic heterocycles. The highest BCUT2D eigenvalue weighted by Crippen LogP contribution is 2.65. The summed E-state index contributed by atoms with van der Waals surface area (Å²) in [6, 6.07) is 0. The molecule has 0 aromatic carbocycles. The standard InChI is InChI=1S/C21H34O5/c1-14(22)15-12-16-18(2,3)8-7-9-20(16,5)21(25-15)11-10-19(4,26-21)13-17(23)24-6/h15-16H,7-13H2,1-6H3/t15-,16+,19+,20+,21+/m0/s1. The highest BCUT2D eigenvalue weighted by Gasteiger charge is 2.67. The van der Waals surface area contributed by atoms with Crippen LogP contribution in [0.15, 0.2) is 0 Å². The Hall–Kier alpha value is -0.940. The zero-order chi connectivity index (χ0) is 19.4. The van der Waals surface area contributed by atoms with E-state index in [2.05, 4.69) is 20.8 Å². The monoisotopic (exact) mass is 366 g/mol. The van der Waals surface area contributed by atoms with Crippen LogP contribution in [0.2, 0.25) is 0 Å². The highest BCUT2D eigenvalue weighted by atomic mass is 16.7. The molecular formula is C21H34O5. The number of ketones is 1. The second-order valence-corrected chi connectivity index (χ2v) is 9.82. The van der Waals surface area contributed by atoms with Crippen molar-refractivity contribution in [2.45, 2.75) is 97.1 Å². The Kier molecular flexibility index (Phi) is 4.80. The predicted molar refractivity (Wildman–Crippen MR) is 97.5 cm³/mol. The predicted octanol–water partition coefficient (Wildman–Crippen LogP) is 4.03. The first kappa shape index (κ1) is 19.8. The van der Waals surface area contributed by atoms with Crippen LogP contribution in [0.5, 0.6) is 0 Å². The number of fused-ring (bicyclic) bond motifs is 2. The number of rotatable bonds is 3. The Morgan fingerprint density at radius 3 is 2.38 bits per heavy atom. The lowest BCUT2D eigenvalue weighted by molar-refractivity contribution is -0.363. The van der Waals surface area contributed by atoms with E-state index in [0.717, 1.165) is 32.1 Å². The molecule has 2 saturated heterocycles. The van der Waals surface area contributed by atoms with Crippen molar-refractivity contribution in [3.63, 3.8) is 0 Å². The van der Waals surface area contributed by atoms with Gasteiger partial charge in [-0.3, -0.25) is 9.59 Å². The first-order valence-corrected chi connectivity index (χ1v) is 9.92. The summed E-state index contributed by atoms with van der Waals surface area (Å²) in [6.07, 6.45) is 5.32. The number of ether oxygens (including phenoxy) is 3. The van der Waals surface area contributed by atoms with Gasteiger partial charge in [0.15, 0.2) is 11.6 Å². The van der Waals surface area contributed by atoms with Crippen LogP contribution in [0.25, 0.3) is 0 Å². The lowest BCUT2D eigenvalue weighted by Crippen LogP contribution is -2.64. The van der Waals surface area contributed by atoms with Crippen molar-refractivity contribution < 1.29 is 23.8 Å². The van der Waals surface area contributed by atoms with Crippen LogP contribution in [0.1, 0.15) is 79.6 Å². The third kappa shape index (κ3) is 3.01. The van der Waals surface area contributed by atoms with Gasteiger partial charge in [-0.25, -0.2) is 0 Å². The van der Waals surface area contributed by atoms with E-state index in [1.165, 1.54) is 7.11 Å². The SMILES string of the molecule is COC(=O)C[C@@]1(C)CC[C@@]2(O[C@H](C(C)=O)C[C@@H]3C(C)(C)CCC[C@]32C)O1. The molecule has 3 fully saturated rings. The maximum absolute atomic E-state index is 12.3. The van der Waals surface area contributed by atoms with Crippen molar-refractivity contribution in [2.75, 3.05) is 7.11 Å². The molecule has 3 rings (SSSR count). The molecule has 5 atom stereocenters. The normalized spacial score (nSPS) is 44.5. The van der Waals surface area contributed by atoms with E-state index in [4.69, 9.17) is 14.2 Å².